The molecule has 0 aliphatic heterocycles. The Balaban J connectivity index is 0.000000131. The third-order valence-electron chi connectivity index (χ3n) is 3.30. The molecule has 3 heteroatoms. The fourth-order valence-electron chi connectivity index (χ4n) is 2.22. The van der Waals surface area contributed by atoms with Crippen LogP contribution in [0.5, 0.6) is 5.75 Å². The first-order valence-corrected chi connectivity index (χ1v) is 6.90. The Morgan fingerprint density at radius 3 is 2.18 bits per heavy atom. The number of rotatable bonds is 0. The van der Waals surface area contributed by atoms with Crippen LogP contribution in [0.3, 0.4) is 0 Å². The van der Waals surface area contributed by atoms with Crippen molar-refractivity contribution in [2.24, 2.45) is 0 Å². The maximum Gasteiger partial charge on any atom is 0.336 e. The summed E-state index contributed by atoms with van der Waals surface area (Å²) in [6.45, 7) is 0. The van der Waals surface area contributed by atoms with Crippen molar-refractivity contribution in [3.8, 4) is 5.75 Å². The maximum atomic E-state index is 10.7. The lowest BCUT2D eigenvalue weighted by Gasteiger charge is -1.97. The number of phenolic OH excluding ortho intramolecular Hbond substituents is 1. The quantitative estimate of drug-likeness (QED) is 0.490. The molecule has 0 atom stereocenters. The summed E-state index contributed by atoms with van der Waals surface area (Å²) in [7, 11) is 0. The van der Waals surface area contributed by atoms with E-state index in [0.717, 1.165) is 16.2 Å². The highest BCUT2D eigenvalue weighted by Gasteiger charge is 1.94. The van der Waals surface area contributed by atoms with Gasteiger partial charge in [-0.2, -0.15) is 0 Å². The highest BCUT2D eigenvalue weighted by molar-refractivity contribution is 5.87. The Morgan fingerprint density at radius 2 is 1.36 bits per heavy atom. The molecule has 108 valence electrons. The molecule has 3 nitrogen and oxygen atoms in total. The van der Waals surface area contributed by atoms with Gasteiger partial charge < -0.3 is 9.52 Å². The Kier molecular flexibility index (Phi) is 3.88. The number of hydrogen-bond acceptors (Lipinski definition) is 3. The van der Waals surface area contributed by atoms with Crippen LogP contribution >= 0.6 is 0 Å². The van der Waals surface area contributed by atoms with Gasteiger partial charge in [-0.3, -0.25) is 0 Å². The average molecular weight is 290 g/mol. The summed E-state index contributed by atoms with van der Waals surface area (Å²) in [6.07, 6.45) is 0. The predicted molar refractivity (Wildman–Crippen MR) is 88.1 cm³/mol. The van der Waals surface area contributed by atoms with Crippen LogP contribution in [0, 0.1) is 0 Å². The summed E-state index contributed by atoms with van der Waals surface area (Å²) in [6, 6.07) is 23.9. The molecule has 1 N–H and O–H groups in total. The van der Waals surface area contributed by atoms with E-state index in [1.165, 1.54) is 6.07 Å². The first-order chi connectivity index (χ1) is 10.7. The zero-order valence-corrected chi connectivity index (χ0v) is 11.8. The summed E-state index contributed by atoms with van der Waals surface area (Å²) in [4.78, 5) is 10.7. The standard InChI is InChI=1S/C10H8O.C9H6O2/c11-10-7-3-5-8-4-1-2-6-9(8)10;10-9-6-5-7-3-1-2-4-8(7)11-9/h1-7,11H;1-6H. The molecule has 0 fully saturated rings. The molecular weight excluding hydrogens is 276 g/mol. The van der Waals surface area contributed by atoms with Crippen molar-refractivity contribution in [3.05, 3.63) is 89.3 Å². The van der Waals surface area contributed by atoms with Crippen molar-refractivity contribution in [1.82, 2.24) is 0 Å². The van der Waals surface area contributed by atoms with Gasteiger partial charge in [0.25, 0.3) is 0 Å². The van der Waals surface area contributed by atoms with Crippen LogP contribution in [-0.2, 0) is 0 Å². The van der Waals surface area contributed by atoms with Crippen LogP contribution in [0.1, 0.15) is 0 Å². The van der Waals surface area contributed by atoms with Crippen LogP contribution in [0.4, 0.5) is 0 Å². The first-order valence-electron chi connectivity index (χ1n) is 6.90. The topological polar surface area (TPSA) is 50.4 Å². The minimum Gasteiger partial charge on any atom is -0.507 e. The lowest BCUT2D eigenvalue weighted by molar-refractivity contribution is 0.481. The lowest BCUT2D eigenvalue weighted by Crippen LogP contribution is -1.93. The van der Waals surface area contributed by atoms with Gasteiger partial charge in [0, 0.05) is 16.8 Å². The normalized spacial score (nSPS) is 10.2. The molecule has 0 bridgehead atoms. The van der Waals surface area contributed by atoms with Gasteiger partial charge in [0.15, 0.2) is 0 Å². The highest BCUT2D eigenvalue weighted by Crippen LogP contribution is 2.22. The molecule has 1 heterocycles. The van der Waals surface area contributed by atoms with E-state index in [-0.39, 0.29) is 5.63 Å². The second-order valence-electron chi connectivity index (χ2n) is 4.79. The van der Waals surface area contributed by atoms with E-state index in [9.17, 15) is 9.90 Å². The van der Waals surface area contributed by atoms with Gasteiger partial charge in [-0.1, -0.05) is 54.6 Å². The maximum absolute atomic E-state index is 10.7. The molecule has 0 amide bonds. The Hall–Kier alpha value is -3.07. The number of phenols is 1. The molecule has 0 spiro atoms. The minimum absolute atomic E-state index is 0.302. The summed E-state index contributed by atoms with van der Waals surface area (Å²) >= 11 is 0. The molecule has 0 saturated heterocycles. The Bertz CT molecular complexity index is 965. The molecule has 0 aliphatic carbocycles. The molecule has 0 radical (unpaired) electrons. The summed E-state index contributed by atoms with van der Waals surface area (Å²) in [5, 5.41) is 12.3. The summed E-state index contributed by atoms with van der Waals surface area (Å²) < 4.78 is 4.91. The molecule has 0 aliphatic rings. The third-order valence-corrected chi connectivity index (χ3v) is 3.30. The Labute approximate surface area is 127 Å². The summed E-state index contributed by atoms with van der Waals surface area (Å²) in [5.41, 5.74) is 0.337. The molecule has 3 aromatic carbocycles. The minimum atomic E-state index is -0.302. The second-order valence-corrected chi connectivity index (χ2v) is 4.79. The Morgan fingerprint density at radius 1 is 0.682 bits per heavy atom. The van der Waals surface area contributed by atoms with Crippen LogP contribution in [0.25, 0.3) is 21.7 Å². The van der Waals surface area contributed by atoms with Gasteiger partial charge >= 0.3 is 5.63 Å². The fourth-order valence-corrected chi connectivity index (χ4v) is 2.22. The largest absolute Gasteiger partial charge is 0.507 e. The second kappa shape index (κ2) is 6.14. The molecule has 22 heavy (non-hydrogen) atoms. The van der Waals surface area contributed by atoms with Crippen molar-refractivity contribution in [2.45, 2.75) is 0 Å². The van der Waals surface area contributed by atoms with Crippen molar-refractivity contribution in [1.29, 1.82) is 0 Å². The molecule has 1 aromatic heterocycles. The van der Waals surface area contributed by atoms with Gasteiger partial charge in [0.1, 0.15) is 11.3 Å². The average Bonchev–Trinajstić information content (AvgIpc) is 2.56. The molecule has 0 unspecified atom stereocenters. The zero-order valence-electron chi connectivity index (χ0n) is 11.8. The van der Waals surface area contributed by atoms with E-state index in [2.05, 4.69) is 0 Å². The van der Waals surface area contributed by atoms with Gasteiger partial charge in [-0.25, -0.2) is 4.79 Å². The van der Waals surface area contributed by atoms with Crippen LogP contribution in [0.15, 0.2) is 88.1 Å². The zero-order chi connectivity index (χ0) is 15.4. The first kappa shape index (κ1) is 13.9. The van der Waals surface area contributed by atoms with E-state index >= 15 is 0 Å². The third kappa shape index (κ3) is 2.99. The van der Waals surface area contributed by atoms with Gasteiger partial charge in [0.2, 0.25) is 0 Å². The lowest BCUT2D eigenvalue weighted by atomic mass is 10.1. The van der Waals surface area contributed by atoms with E-state index < -0.39 is 0 Å². The van der Waals surface area contributed by atoms with E-state index in [1.807, 2.05) is 54.6 Å². The monoisotopic (exact) mass is 290 g/mol. The SMILES string of the molecule is O=c1ccc2ccccc2o1.Oc1cccc2ccccc12. The van der Waals surface area contributed by atoms with E-state index in [1.54, 1.807) is 18.2 Å². The van der Waals surface area contributed by atoms with Gasteiger partial charge in [0.05, 0.1) is 0 Å². The summed E-state index contributed by atoms with van der Waals surface area (Å²) in [5.74, 6) is 0.350. The smallest absolute Gasteiger partial charge is 0.336 e. The molecule has 4 aromatic rings. The number of benzene rings is 3. The highest BCUT2D eigenvalue weighted by atomic mass is 16.4. The van der Waals surface area contributed by atoms with Gasteiger partial charge in [-0.05, 0) is 23.6 Å². The van der Waals surface area contributed by atoms with Crippen molar-refractivity contribution < 1.29 is 9.52 Å². The van der Waals surface area contributed by atoms with Crippen molar-refractivity contribution >= 4 is 21.7 Å². The molecular formula is C19H14O3. The fraction of sp³-hybridized carbons (Fsp3) is 0. The number of aromatic hydroxyl groups is 1. The van der Waals surface area contributed by atoms with E-state index in [0.29, 0.717) is 11.3 Å². The number of para-hydroxylation sites is 1. The molecule has 4 rings (SSSR count). The van der Waals surface area contributed by atoms with Crippen LogP contribution < -0.4 is 5.63 Å². The number of fused-ring (bicyclic) bond motifs is 2. The number of hydrogen-bond donors (Lipinski definition) is 1. The molecule has 0 saturated carbocycles. The van der Waals surface area contributed by atoms with Crippen molar-refractivity contribution in [3.63, 3.8) is 0 Å². The van der Waals surface area contributed by atoms with Gasteiger partial charge in [-0.15, -0.1) is 0 Å². The predicted octanol–water partition coefficient (Wildman–Crippen LogP) is 4.34. The van der Waals surface area contributed by atoms with Crippen molar-refractivity contribution in [2.75, 3.05) is 0 Å². The van der Waals surface area contributed by atoms with E-state index in [4.69, 9.17) is 4.42 Å². The van der Waals surface area contributed by atoms with Crippen LogP contribution in [-0.4, -0.2) is 5.11 Å². The van der Waals surface area contributed by atoms with Crippen LogP contribution in [0.2, 0.25) is 0 Å².